The van der Waals surface area contributed by atoms with E-state index in [0.717, 1.165) is 23.9 Å². The molecule has 106 valence electrons. The van der Waals surface area contributed by atoms with Crippen molar-refractivity contribution in [2.45, 2.75) is 38.3 Å². The summed E-state index contributed by atoms with van der Waals surface area (Å²) in [6.07, 6.45) is 6.69. The van der Waals surface area contributed by atoms with Crippen molar-refractivity contribution in [2.24, 2.45) is 0 Å². The number of urea groups is 1. The minimum absolute atomic E-state index is 0.0298. The van der Waals surface area contributed by atoms with Crippen LogP contribution in [0, 0.1) is 0 Å². The molecule has 0 spiro atoms. The molecular weight excluding hydrogens is 250 g/mol. The number of fused-ring (bicyclic) bond motifs is 1. The van der Waals surface area contributed by atoms with Gasteiger partial charge in [0.15, 0.2) is 0 Å². The minimum Gasteiger partial charge on any atom is -0.361 e. The van der Waals surface area contributed by atoms with Crippen molar-refractivity contribution in [1.82, 2.24) is 15.2 Å². The number of nitrogens with zero attached hydrogens (tertiary/aromatic N) is 1. The van der Waals surface area contributed by atoms with Gasteiger partial charge in [0, 0.05) is 36.7 Å². The van der Waals surface area contributed by atoms with Crippen LogP contribution in [0.3, 0.4) is 0 Å². The molecule has 2 amide bonds. The lowest BCUT2D eigenvalue weighted by Gasteiger charge is -2.20. The standard InChI is InChI=1S/C16H21N3O/c1-19(16(20)18-13-6-2-3-7-13)11-12-10-17-15-9-5-4-8-14(12)15/h4-5,8-10,13,17H,2-3,6-7,11H2,1H3,(H,18,20). The van der Waals surface area contributed by atoms with Crippen molar-refractivity contribution in [3.05, 3.63) is 36.0 Å². The number of amides is 2. The second-order valence-electron chi connectivity index (χ2n) is 5.65. The molecule has 1 heterocycles. The highest BCUT2D eigenvalue weighted by Gasteiger charge is 2.19. The van der Waals surface area contributed by atoms with Gasteiger partial charge < -0.3 is 15.2 Å². The van der Waals surface area contributed by atoms with Crippen molar-refractivity contribution in [1.29, 1.82) is 0 Å². The van der Waals surface area contributed by atoms with Crippen LogP contribution >= 0.6 is 0 Å². The molecule has 1 aliphatic carbocycles. The summed E-state index contributed by atoms with van der Waals surface area (Å²) >= 11 is 0. The van der Waals surface area contributed by atoms with E-state index in [0.29, 0.717) is 12.6 Å². The van der Waals surface area contributed by atoms with Crippen molar-refractivity contribution >= 4 is 16.9 Å². The first-order chi connectivity index (χ1) is 9.74. The Hall–Kier alpha value is -1.97. The van der Waals surface area contributed by atoms with E-state index < -0.39 is 0 Å². The van der Waals surface area contributed by atoms with Crippen LogP contribution in [0.15, 0.2) is 30.5 Å². The Kier molecular flexibility index (Phi) is 3.63. The van der Waals surface area contributed by atoms with Crippen LogP contribution in [-0.2, 0) is 6.54 Å². The predicted molar refractivity (Wildman–Crippen MR) is 80.6 cm³/mol. The van der Waals surface area contributed by atoms with Crippen LogP contribution < -0.4 is 5.32 Å². The van der Waals surface area contributed by atoms with Crippen molar-refractivity contribution < 1.29 is 4.79 Å². The molecule has 0 atom stereocenters. The van der Waals surface area contributed by atoms with Gasteiger partial charge in [-0.05, 0) is 24.5 Å². The normalized spacial score (nSPS) is 15.7. The molecule has 1 aromatic carbocycles. The van der Waals surface area contributed by atoms with E-state index in [-0.39, 0.29) is 6.03 Å². The molecule has 0 saturated heterocycles. The molecule has 1 fully saturated rings. The lowest BCUT2D eigenvalue weighted by Crippen LogP contribution is -2.41. The fourth-order valence-corrected chi connectivity index (χ4v) is 2.94. The number of aromatic amines is 1. The maximum atomic E-state index is 12.2. The van der Waals surface area contributed by atoms with Crippen LogP contribution in [0.2, 0.25) is 0 Å². The zero-order valence-corrected chi connectivity index (χ0v) is 11.9. The summed E-state index contributed by atoms with van der Waals surface area (Å²) in [5, 5.41) is 4.30. The summed E-state index contributed by atoms with van der Waals surface area (Å²) < 4.78 is 0. The molecule has 0 radical (unpaired) electrons. The Morgan fingerprint density at radius 2 is 2.10 bits per heavy atom. The monoisotopic (exact) mass is 271 g/mol. The average Bonchev–Trinajstić information content (AvgIpc) is 3.09. The van der Waals surface area contributed by atoms with Crippen LogP contribution in [0.4, 0.5) is 4.79 Å². The third-order valence-corrected chi connectivity index (χ3v) is 4.11. The van der Waals surface area contributed by atoms with Gasteiger partial charge in [0.25, 0.3) is 0 Å². The first-order valence-electron chi connectivity index (χ1n) is 7.30. The number of nitrogens with one attached hydrogen (secondary N) is 2. The molecule has 3 rings (SSSR count). The van der Waals surface area contributed by atoms with Gasteiger partial charge in [0.2, 0.25) is 0 Å². The molecule has 20 heavy (non-hydrogen) atoms. The fraction of sp³-hybridized carbons (Fsp3) is 0.438. The highest BCUT2D eigenvalue weighted by Crippen LogP contribution is 2.20. The number of benzene rings is 1. The molecule has 0 bridgehead atoms. The molecule has 4 nitrogen and oxygen atoms in total. The first-order valence-corrected chi connectivity index (χ1v) is 7.30. The SMILES string of the molecule is CN(Cc1c[nH]c2ccccc12)C(=O)NC1CCCC1. The molecular formula is C16H21N3O. The van der Waals surface area contributed by atoms with Crippen molar-refractivity contribution in [3.8, 4) is 0 Å². The van der Waals surface area contributed by atoms with Crippen molar-refractivity contribution in [3.63, 3.8) is 0 Å². The summed E-state index contributed by atoms with van der Waals surface area (Å²) in [7, 11) is 1.85. The van der Waals surface area contributed by atoms with E-state index in [2.05, 4.69) is 22.4 Å². The molecule has 1 saturated carbocycles. The van der Waals surface area contributed by atoms with E-state index in [9.17, 15) is 4.79 Å². The van der Waals surface area contributed by atoms with Crippen LogP contribution in [0.1, 0.15) is 31.2 Å². The molecule has 1 aliphatic rings. The second kappa shape index (κ2) is 5.57. The lowest BCUT2D eigenvalue weighted by molar-refractivity contribution is 0.203. The van der Waals surface area contributed by atoms with Gasteiger partial charge in [-0.3, -0.25) is 0 Å². The zero-order valence-electron chi connectivity index (χ0n) is 11.9. The summed E-state index contributed by atoms with van der Waals surface area (Å²) in [6.45, 7) is 0.628. The summed E-state index contributed by atoms with van der Waals surface area (Å²) in [6, 6.07) is 8.58. The average molecular weight is 271 g/mol. The van der Waals surface area contributed by atoms with Gasteiger partial charge in [-0.25, -0.2) is 4.79 Å². The van der Waals surface area contributed by atoms with E-state index in [1.54, 1.807) is 4.90 Å². The van der Waals surface area contributed by atoms with Gasteiger partial charge in [-0.2, -0.15) is 0 Å². The number of hydrogen-bond donors (Lipinski definition) is 2. The minimum atomic E-state index is 0.0298. The van der Waals surface area contributed by atoms with E-state index in [4.69, 9.17) is 0 Å². The smallest absolute Gasteiger partial charge is 0.317 e. The Labute approximate surface area is 119 Å². The number of carbonyl (C=O) groups excluding carboxylic acids is 1. The van der Waals surface area contributed by atoms with Gasteiger partial charge in [-0.15, -0.1) is 0 Å². The number of aromatic nitrogens is 1. The van der Waals surface area contributed by atoms with Gasteiger partial charge in [0.1, 0.15) is 0 Å². The molecule has 2 N–H and O–H groups in total. The molecule has 1 aromatic heterocycles. The Morgan fingerprint density at radius 3 is 2.90 bits per heavy atom. The van der Waals surface area contributed by atoms with E-state index in [1.165, 1.54) is 18.2 Å². The maximum absolute atomic E-state index is 12.2. The number of para-hydroxylation sites is 1. The van der Waals surface area contributed by atoms with Crippen LogP contribution in [0.5, 0.6) is 0 Å². The summed E-state index contributed by atoms with van der Waals surface area (Å²) in [5.74, 6) is 0. The highest BCUT2D eigenvalue weighted by atomic mass is 16.2. The van der Waals surface area contributed by atoms with Gasteiger partial charge >= 0.3 is 6.03 Å². The van der Waals surface area contributed by atoms with E-state index >= 15 is 0 Å². The van der Waals surface area contributed by atoms with E-state index in [1.807, 2.05) is 25.4 Å². The number of rotatable bonds is 3. The third kappa shape index (κ3) is 2.64. The Morgan fingerprint density at radius 1 is 1.35 bits per heavy atom. The predicted octanol–water partition coefficient (Wildman–Crippen LogP) is 3.25. The molecule has 2 aromatic rings. The fourth-order valence-electron chi connectivity index (χ4n) is 2.94. The van der Waals surface area contributed by atoms with Gasteiger partial charge in [-0.1, -0.05) is 31.0 Å². The van der Waals surface area contributed by atoms with Crippen molar-refractivity contribution in [2.75, 3.05) is 7.05 Å². The number of H-pyrrole nitrogens is 1. The second-order valence-corrected chi connectivity index (χ2v) is 5.65. The number of carbonyl (C=O) groups is 1. The first kappa shape index (κ1) is 13.0. The Bertz CT molecular complexity index is 599. The summed E-state index contributed by atoms with van der Waals surface area (Å²) in [4.78, 5) is 17.2. The maximum Gasteiger partial charge on any atom is 0.317 e. The quantitative estimate of drug-likeness (QED) is 0.884. The van der Waals surface area contributed by atoms with Gasteiger partial charge in [0.05, 0.1) is 0 Å². The Balaban J connectivity index is 1.65. The number of hydrogen-bond acceptors (Lipinski definition) is 1. The highest BCUT2D eigenvalue weighted by molar-refractivity contribution is 5.83. The summed E-state index contributed by atoms with van der Waals surface area (Å²) in [5.41, 5.74) is 2.27. The molecule has 4 heteroatoms. The zero-order chi connectivity index (χ0) is 13.9. The van der Waals surface area contributed by atoms with Crippen LogP contribution in [0.25, 0.3) is 10.9 Å². The third-order valence-electron chi connectivity index (χ3n) is 4.11. The topological polar surface area (TPSA) is 48.1 Å². The van der Waals surface area contributed by atoms with Crippen LogP contribution in [-0.4, -0.2) is 29.0 Å². The molecule has 0 unspecified atom stereocenters. The largest absolute Gasteiger partial charge is 0.361 e. The lowest BCUT2D eigenvalue weighted by atomic mass is 10.2. The molecule has 0 aliphatic heterocycles.